The van der Waals surface area contributed by atoms with E-state index in [1.807, 2.05) is 32.9 Å². The highest BCUT2D eigenvalue weighted by molar-refractivity contribution is 5.78. The topological polar surface area (TPSA) is 68.0 Å². The fourth-order valence-corrected chi connectivity index (χ4v) is 2.09. The number of hydrogen-bond donors (Lipinski definition) is 1. The molecule has 0 unspecified atom stereocenters. The molecule has 2 rings (SSSR count). The highest BCUT2D eigenvalue weighted by Gasteiger charge is 2.19. The van der Waals surface area contributed by atoms with Crippen molar-refractivity contribution >= 4 is 5.91 Å². The van der Waals surface area contributed by atoms with Crippen LogP contribution >= 0.6 is 0 Å². The maximum absolute atomic E-state index is 11.7. The number of hydrogen-bond acceptors (Lipinski definition) is 4. The summed E-state index contributed by atoms with van der Waals surface area (Å²) in [5.41, 5.74) is 2.26. The van der Waals surface area contributed by atoms with E-state index in [4.69, 9.17) is 4.52 Å². The van der Waals surface area contributed by atoms with Crippen molar-refractivity contribution in [3.8, 4) is 11.4 Å². The fourth-order valence-electron chi connectivity index (χ4n) is 2.09. The molecule has 1 N–H and O–H groups in total. The summed E-state index contributed by atoms with van der Waals surface area (Å²) >= 11 is 0. The first-order chi connectivity index (χ1) is 10.7. The Labute approximate surface area is 137 Å². The first-order valence-electron chi connectivity index (χ1n) is 7.93. The van der Waals surface area contributed by atoms with E-state index in [-0.39, 0.29) is 23.3 Å². The van der Waals surface area contributed by atoms with Crippen LogP contribution in [0.4, 0.5) is 0 Å². The van der Waals surface area contributed by atoms with Gasteiger partial charge in [0.1, 0.15) is 6.04 Å². The zero-order valence-corrected chi connectivity index (χ0v) is 14.7. The number of nitrogens with one attached hydrogen (secondary N) is 1. The molecule has 0 bridgehead atoms. The van der Waals surface area contributed by atoms with E-state index >= 15 is 0 Å². The van der Waals surface area contributed by atoms with Crippen molar-refractivity contribution in [1.29, 1.82) is 0 Å². The first kappa shape index (κ1) is 17.2. The lowest BCUT2D eigenvalue weighted by Crippen LogP contribution is -2.30. The molecule has 0 saturated heterocycles. The van der Waals surface area contributed by atoms with Crippen molar-refractivity contribution in [2.75, 3.05) is 0 Å². The van der Waals surface area contributed by atoms with Crippen molar-refractivity contribution in [2.24, 2.45) is 5.92 Å². The maximum Gasteiger partial charge on any atom is 0.249 e. The van der Waals surface area contributed by atoms with Crippen molar-refractivity contribution in [3.05, 3.63) is 35.7 Å². The van der Waals surface area contributed by atoms with E-state index in [1.165, 1.54) is 5.56 Å². The van der Waals surface area contributed by atoms with Crippen molar-refractivity contribution < 1.29 is 9.32 Å². The highest BCUT2D eigenvalue weighted by Crippen LogP contribution is 2.25. The van der Waals surface area contributed by atoms with Crippen molar-refractivity contribution in [1.82, 2.24) is 15.5 Å². The van der Waals surface area contributed by atoms with E-state index in [2.05, 4.69) is 48.4 Å². The number of carbonyl (C=O) groups is 1. The summed E-state index contributed by atoms with van der Waals surface area (Å²) in [6.07, 6.45) is 0. The molecule has 1 amide bonds. The predicted octanol–water partition coefficient (Wildman–Crippen LogP) is 3.87. The molecule has 0 aliphatic rings. The van der Waals surface area contributed by atoms with Gasteiger partial charge in [-0.15, -0.1) is 0 Å². The van der Waals surface area contributed by atoms with E-state index < -0.39 is 0 Å². The van der Waals surface area contributed by atoms with Crippen LogP contribution in [0.5, 0.6) is 0 Å². The summed E-state index contributed by atoms with van der Waals surface area (Å²) in [5.74, 6) is 0.830. The number of aromatic nitrogens is 2. The van der Waals surface area contributed by atoms with Gasteiger partial charge < -0.3 is 9.84 Å². The number of carbonyl (C=O) groups excluding carboxylic acids is 1. The highest BCUT2D eigenvalue weighted by atomic mass is 16.5. The molecule has 0 spiro atoms. The average molecular weight is 315 g/mol. The average Bonchev–Trinajstić information content (AvgIpc) is 2.96. The molecule has 0 aliphatic heterocycles. The van der Waals surface area contributed by atoms with Gasteiger partial charge in [0.05, 0.1) is 0 Å². The van der Waals surface area contributed by atoms with Crippen LogP contribution in [0.2, 0.25) is 0 Å². The van der Waals surface area contributed by atoms with E-state index in [0.717, 1.165) is 5.56 Å². The third-order valence-corrected chi connectivity index (χ3v) is 3.70. The van der Waals surface area contributed by atoms with Crippen molar-refractivity contribution in [3.63, 3.8) is 0 Å². The molecule has 1 heterocycles. The molecular weight excluding hydrogens is 290 g/mol. The maximum atomic E-state index is 11.7. The van der Waals surface area contributed by atoms with Gasteiger partial charge in [-0.05, 0) is 17.9 Å². The molecule has 2 aromatic rings. The van der Waals surface area contributed by atoms with Crippen LogP contribution in [-0.2, 0) is 10.2 Å². The molecule has 23 heavy (non-hydrogen) atoms. The van der Waals surface area contributed by atoms with Crippen LogP contribution in [0.3, 0.4) is 0 Å². The second kappa shape index (κ2) is 6.52. The molecule has 5 nitrogen and oxygen atoms in total. The Hall–Kier alpha value is -2.17. The van der Waals surface area contributed by atoms with E-state index in [9.17, 15) is 4.79 Å². The van der Waals surface area contributed by atoms with Crippen LogP contribution in [0.25, 0.3) is 11.4 Å². The largest absolute Gasteiger partial charge is 0.344 e. The van der Waals surface area contributed by atoms with Gasteiger partial charge in [0.25, 0.3) is 0 Å². The summed E-state index contributed by atoms with van der Waals surface area (Å²) in [7, 11) is 0. The Morgan fingerprint density at radius 3 is 2.26 bits per heavy atom. The fraction of sp³-hybridized carbons (Fsp3) is 0.500. The van der Waals surface area contributed by atoms with Crippen LogP contribution in [-0.4, -0.2) is 16.0 Å². The molecular formula is C18H25N3O2. The Bertz CT molecular complexity index is 666. The van der Waals surface area contributed by atoms with E-state index in [0.29, 0.717) is 11.7 Å². The van der Waals surface area contributed by atoms with Crippen molar-refractivity contribution in [2.45, 2.75) is 53.0 Å². The summed E-state index contributed by atoms with van der Waals surface area (Å²) in [6, 6.07) is 7.84. The van der Waals surface area contributed by atoms with Gasteiger partial charge in [0.15, 0.2) is 0 Å². The second-order valence-corrected chi connectivity index (χ2v) is 7.17. The first-order valence-corrected chi connectivity index (χ1v) is 7.93. The smallest absolute Gasteiger partial charge is 0.249 e. The summed E-state index contributed by atoms with van der Waals surface area (Å²) < 4.78 is 5.28. The molecule has 0 aliphatic carbocycles. The molecule has 0 fully saturated rings. The second-order valence-electron chi connectivity index (χ2n) is 7.17. The Morgan fingerprint density at radius 2 is 1.74 bits per heavy atom. The number of rotatable bonds is 4. The SMILES string of the molecule is CC(C)C(=O)N[C@H](C)c1nc(-c2ccc(C(C)(C)C)cc2)no1. The molecule has 0 radical (unpaired) electrons. The standard InChI is InChI=1S/C18H25N3O2/c1-11(2)16(22)19-12(3)17-20-15(21-23-17)13-7-9-14(10-8-13)18(4,5)6/h7-12H,1-6H3,(H,19,22)/t12-/m1/s1. The van der Waals surface area contributed by atoms with Gasteiger partial charge in [-0.2, -0.15) is 4.98 Å². The lowest BCUT2D eigenvalue weighted by molar-refractivity contribution is -0.124. The zero-order valence-electron chi connectivity index (χ0n) is 14.7. The lowest BCUT2D eigenvalue weighted by atomic mass is 9.87. The Kier molecular flexibility index (Phi) is 4.88. The van der Waals surface area contributed by atoms with Gasteiger partial charge in [-0.1, -0.05) is 64.0 Å². The number of amides is 1. The minimum Gasteiger partial charge on any atom is -0.344 e. The third-order valence-electron chi connectivity index (χ3n) is 3.70. The van der Waals surface area contributed by atoms with Gasteiger partial charge in [0.2, 0.25) is 17.6 Å². The summed E-state index contributed by atoms with van der Waals surface area (Å²) in [6.45, 7) is 12.0. The van der Waals surface area contributed by atoms with Gasteiger partial charge in [0, 0.05) is 11.5 Å². The number of nitrogens with zero attached hydrogens (tertiary/aromatic N) is 2. The van der Waals surface area contributed by atoms with Crippen LogP contribution in [0.15, 0.2) is 28.8 Å². The van der Waals surface area contributed by atoms with E-state index in [1.54, 1.807) is 0 Å². The Morgan fingerprint density at radius 1 is 1.13 bits per heavy atom. The molecule has 1 aromatic heterocycles. The zero-order chi connectivity index (χ0) is 17.2. The van der Waals surface area contributed by atoms with Crippen LogP contribution in [0.1, 0.15) is 59.0 Å². The molecule has 1 atom stereocenters. The summed E-state index contributed by atoms with van der Waals surface area (Å²) in [5, 5.41) is 6.87. The molecule has 124 valence electrons. The quantitative estimate of drug-likeness (QED) is 0.930. The van der Waals surface area contributed by atoms with Gasteiger partial charge >= 0.3 is 0 Å². The number of benzene rings is 1. The predicted molar refractivity (Wildman–Crippen MR) is 89.8 cm³/mol. The lowest BCUT2D eigenvalue weighted by Gasteiger charge is -2.18. The molecule has 1 aromatic carbocycles. The Balaban J connectivity index is 2.14. The third kappa shape index (κ3) is 4.18. The monoisotopic (exact) mass is 315 g/mol. The summed E-state index contributed by atoms with van der Waals surface area (Å²) in [4.78, 5) is 16.1. The van der Waals surface area contributed by atoms with Crippen LogP contribution < -0.4 is 5.32 Å². The van der Waals surface area contributed by atoms with Crippen LogP contribution in [0, 0.1) is 5.92 Å². The molecule has 0 saturated carbocycles. The van der Waals surface area contributed by atoms with Gasteiger partial charge in [-0.25, -0.2) is 0 Å². The minimum atomic E-state index is -0.306. The van der Waals surface area contributed by atoms with Gasteiger partial charge in [-0.3, -0.25) is 4.79 Å². The molecule has 5 heteroatoms. The minimum absolute atomic E-state index is 0.0354. The normalized spacial score (nSPS) is 13.2.